The van der Waals surface area contributed by atoms with Crippen LogP contribution in [-0.4, -0.2) is 78.1 Å². The van der Waals surface area contributed by atoms with Crippen molar-refractivity contribution in [2.75, 3.05) is 34.2 Å². The predicted octanol–water partition coefficient (Wildman–Crippen LogP) is -0.415. The van der Waals surface area contributed by atoms with Crippen molar-refractivity contribution in [2.24, 2.45) is 0 Å². The molecule has 0 bridgehead atoms. The average molecular weight is 355 g/mol. The number of carboxylic acid groups (broad SMARTS) is 1. The van der Waals surface area contributed by atoms with Gasteiger partial charge in [-0.3, -0.25) is 9.59 Å². The summed E-state index contributed by atoms with van der Waals surface area (Å²) in [6.07, 6.45) is -0.468. The van der Waals surface area contributed by atoms with E-state index < -0.39 is 23.9 Å². The first kappa shape index (κ1) is 18.1. The number of fused-ring (bicyclic) bond motifs is 1. The second kappa shape index (κ2) is 7.58. The van der Waals surface area contributed by atoms with Crippen molar-refractivity contribution >= 4 is 29.2 Å². The summed E-state index contributed by atoms with van der Waals surface area (Å²) in [7, 11) is 5.09. The van der Waals surface area contributed by atoms with Crippen LogP contribution in [0.1, 0.15) is 20.4 Å². The number of carbonyl (C=O) groups is 3. The monoisotopic (exact) mass is 355 g/mol. The number of nitrogens with zero attached hydrogens (tertiary/aromatic N) is 3. The summed E-state index contributed by atoms with van der Waals surface area (Å²) < 4.78 is 0. The SMILES string of the molecule is CN1CCc2nc(C(=O)N[C@@H](CNC(=O)O)C(=O)N(C)C)sc2C1. The van der Waals surface area contributed by atoms with Gasteiger partial charge in [-0.15, -0.1) is 11.3 Å². The largest absolute Gasteiger partial charge is 0.465 e. The van der Waals surface area contributed by atoms with Gasteiger partial charge in [0.05, 0.1) is 12.2 Å². The van der Waals surface area contributed by atoms with E-state index in [2.05, 4.69) is 20.5 Å². The lowest BCUT2D eigenvalue weighted by Gasteiger charge is -2.21. The maximum Gasteiger partial charge on any atom is 0.404 e. The summed E-state index contributed by atoms with van der Waals surface area (Å²) >= 11 is 1.31. The van der Waals surface area contributed by atoms with Gasteiger partial charge in [-0.25, -0.2) is 9.78 Å². The first-order valence-corrected chi connectivity index (χ1v) is 8.25. The van der Waals surface area contributed by atoms with Gasteiger partial charge in [0.25, 0.3) is 5.91 Å². The molecule has 0 saturated carbocycles. The summed E-state index contributed by atoms with van der Waals surface area (Å²) in [4.78, 5) is 44.0. The van der Waals surface area contributed by atoms with Gasteiger partial charge in [-0.1, -0.05) is 0 Å². The van der Waals surface area contributed by atoms with E-state index in [4.69, 9.17) is 5.11 Å². The van der Waals surface area contributed by atoms with Crippen molar-refractivity contribution in [3.63, 3.8) is 0 Å². The third kappa shape index (κ3) is 4.42. The molecule has 0 unspecified atom stereocenters. The number of amides is 3. The lowest BCUT2D eigenvalue weighted by Crippen LogP contribution is -2.52. The van der Waals surface area contributed by atoms with E-state index in [1.54, 1.807) is 14.1 Å². The Morgan fingerprint density at radius 1 is 1.42 bits per heavy atom. The zero-order valence-corrected chi connectivity index (χ0v) is 14.6. The van der Waals surface area contributed by atoms with E-state index in [-0.39, 0.29) is 6.54 Å². The van der Waals surface area contributed by atoms with E-state index in [9.17, 15) is 14.4 Å². The minimum atomic E-state index is -1.26. The Morgan fingerprint density at radius 2 is 2.12 bits per heavy atom. The van der Waals surface area contributed by atoms with Gasteiger partial charge in [-0.2, -0.15) is 0 Å². The third-order valence-electron chi connectivity index (χ3n) is 3.62. The average Bonchev–Trinajstić information content (AvgIpc) is 2.93. The highest BCUT2D eigenvalue weighted by Crippen LogP contribution is 2.24. The van der Waals surface area contributed by atoms with Crippen LogP contribution in [0.3, 0.4) is 0 Å². The zero-order chi connectivity index (χ0) is 17.9. The van der Waals surface area contributed by atoms with Crippen molar-refractivity contribution in [3.8, 4) is 0 Å². The molecule has 0 aliphatic carbocycles. The first-order valence-electron chi connectivity index (χ1n) is 7.44. The molecule has 0 radical (unpaired) electrons. The normalized spacial score (nSPS) is 15.3. The van der Waals surface area contributed by atoms with Gasteiger partial charge < -0.3 is 25.5 Å². The molecular formula is C14H21N5O4S. The van der Waals surface area contributed by atoms with Gasteiger partial charge in [0.2, 0.25) is 5.91 Å². The van der Waals surface area contributed by atoms with Gasteiger partial charge in [-0.05, 0) is 7.05 Å². The van der Waals surface area contributed by atoms with Gasteiger partial charge in [0.1, 0.15) is 6.04 Å². The maximum atomic E-state index is 12.4. The van der Waals surface area contributed by atoms with E-state index >= 15 is 0 Å². The minimum absolute atomic E-state index is 0.202. The molecule has 0 saturated heterocycles. The number of thiazole rings is 1. The van der Waals surface area contributed by atoms with Crippen molar-refractivity contribution < 1.29 is 19.5 Å². The van der Waals surface area contributed by atoms with Crippen LogP contribution in [-0.2, 0) is 17.8 Å². The predicted molar refractivity (Wildman–Crippen MR) is 88.1 cm³/mol. The molecule has 1 atom stereocenters. The topological polar surface area (TPSA) is 115 Å². The van der Waals surface area contributed by atoms with Crippen LogP contribution >= 0.6 is 11.3 Å². The van der Waals surface area contributed by atoms with Crippen LogP contribution in [0.25, 0.3) is 0 Å². The molecule has 1 aromatic rings. The van der Waals surface area contributed by atoms with Gasteiger partial charge in [0.15, 0.2) is 5.01 Å². The molecule has 0 aromatic carbocycles. The third-order valence-corrected chi connectivity index (χ3v) is 4.70. The van der Waals surface area contributed by atoms with Gasteiger partial charge >= 0.3 is 6.09 Å². The number of likely N-dealkylation sites (N-methyl/N-ethyl adjacent to an activating group) is 2. The summed E-state index contributed by atoms with van der Waals surface area (Å²) in [6.45, 7) is 1.44. The van der Waals surface area contributed by atoms with E-state index in [0.29, 0.717) is 5.01 Å². The standard InChI is InChI=1S/C14H21N5O4S/c1-18(2)13(21)9(6-15-14(22)23)16-11(20)12-17-8-4-5-19(3)7-10(8)24-12/h9,15H,4-7H2,1-3H3,(H,16,20)(H,22,23)/t9-/m0/s1. The van der Waals surface area contributed by atoms with E-state index in [1.807, 2.05) is 7.05 Å². The summed E-state index contributed by atoms with van der Waals surface area (Å²) in [6, 6.07) is -0.979. The van der Waals surface area contributed by atoms with Crippen LogP contribution < -0.4 is 10.6 Å². The molecule has 24 heavy (non-hydrogen) atoms. The lowest BCUT2D eigenvalue weighted by atomic mass is 10.2. The number of carbonyl (C=O) groups excluding carboxylic acids is 2. The number of hydrogen-bond donors (Lipinski definition) is 3. The zero-order valence-electron chi connectivity index (χ0n) is 13.8. The van der Waals surface area contributed by atoms with Crippen molar-refractivity contribution in [1.29, 1.82) is 0 Å². The molecule has 2 heterocycles. The highest BCUT2D eigenvalue weighted by atomic mass is 32.1. The lowest BCUT2D eigenvalue weighted by molar-refractivity contribution is -0.130. The highest BCUT2D eigenvalue weighted by molar-refractivity contribution is 7.13. The molecule has 1 aliphatic rings. The van der Waals surface area contributed by atoms with Crippen molar-refractivity contribution in [3.05, 3.63) is 15.6 Å². The summed E-state index contributed by atoms with van der Waals surface area (Å²) in [5.74, 6) is -0.859. The molecule has 0 spiro atoms. The number of hydrogen-bond acceptors (Lipinski definition) is 6. The minimum Gasteiger partial charge on any atom is -0.465 e. The van der Waals surface area contributed by atoms with Gasteiger partial charge in [0, 0.05) is 38.5 Å². The number of nitrogens with one attached hydrogen (secondary N) is 2. The highest BCUT2D eigenvalue weighted by Gasteiger charge is 2.26. The van der Waals surface area contributed by atoms with Crippen molar-refractivity contribution in [2.45, 2.75) is 19.0 Å². The van der Waals surface area contributed by atoms with Crippen LogP contribution in [0.15, 0.2) is 0 Å². The second-order valence-corrected chi connectivity index (χ2v) is 6.91. The Labute approximate surface area is 143 Å². The fraction of sp³-hybridized carbons (Fsp3) is 0.571. The Balaban J connectivity index is 2.09. The molecule has 0 fully saturated rings. The van der Waals surface area contributed by atoms with Crippen molar-refractivity contribution in [1.82, 2.24) is 25.4 Å². The fourth-order valence-electron chi connectivity index (χ4n) is 2.34. The van der Waals surface area contributed by atoms with Crippen LogP contribution in [0.5, 0.6) is 0 Å². The number of aromatic nitrogens is 1. The molecule has 9 nitrogen and oxygen atoms in total. The Hall–Kier alpha value is -2.20. The Bertz CT molecular complexity index is 645. The molecule has 10 heteroatoms. The summed E-state index contributed by atoms with van der Waals surface area (Å²) in [5.41, 5.74) is 0.919. The van der Waals surface area contributed by atoms with Crippen LogP contribution in [0.4, 0.5) is 4.79 Å². The second-order valence-electron chi connectivity index (χ2n) is 5.82. The fourth-order valence-corrected chi connectivity index (χ4v) is 3.43. The molecule has 1 aliphatic heterocycles. The van der Waals surface area contributed by atoms with E-state index in [1.165, 1.54) is 16.2 Å². The smallest absolute Gasteiger partial charge is 0.404 e. The molecule has 132 valence electrons. The maximum absolute atomic E-state index is 12.4. The molecule has 1 aromatic heterocycles. The van der Waals surface area contributed by atoms with Crippen LogP contribution in [0.2, 0.25) is 0 Å². The molecular weight excluding hydrogens is 334 g/mol. The molecule has 2 rings (SSSR count). The molecule has 3 amide bonds. The quantitative estimate of drug-likeness (QED) is 0.661. The number of rotatable bonds is 5. The Morgan fingerprint density at radius 3 is 2.75 bits per heavy atom. The summed E-state index contributed by atoms with van der Waals surface area (Å²) in [5, 5.41) is 13.7. The first-order chi connectivity index (χ1) is 11.3. The van der Waals surface area contributed by atoms with E-state index in [0.717, 1.165) is 30.1 Å². The molecule has 3 N–H and O–H groups in total. The Kier molecular flexibility index (Phi) is 5.73. The van der Waals surface area contributed by atoms with Crippen LogP contribution in [0, 0.1) is 0 Å².